The minimum absolute atomic E-state index is 0.0556. The van der Waals surface area contributed by atoms with Crippen LogP contribution < -0.4 is 10.8 Å². The van der Waals surface area contributed by atoms with Crippen molar-refractivity contribution < 1.29 is 4.84 Å². The largest absolute Gasteiger partial charge is 0.378 e. The number of rotatable bonds is 3. The standard InChI is InChI=1S/C10H16N2O/c1-8(13-11)9-5-4-6-10(7-9)12(2)3/h4-8H,11H2,1-3H3. The van der Waals surface area contributed by atoms with E-state index in [0.717, 1.165) is 11.3 Å². The van der Waals surface area contributed by atoms with Crippen molar-refractivity contribution in [3.05, 3.63) is 29.8 Å². The number of hydrogen-bond donors (Lipinski definition) is 1. The third-order valence-electron chi connectivity index (χ3n) is 2.06. The van der Waals surface area contributed by atoms with Crippen molar-refractivity contribution in [3.63, 3.8) is 0 Å². The second-order valence-corrected chi connectivity index (χ2v) is 3.27. The topological polar surface area (TPSA) is 38.5 Å². The number of nitrogens with two attached hydrogens (primary N) is 1. The van der Waals surface area contributed by atoms with Crippen molar-refractivity contribution in [1.29, 1.82) is 0 Å². The van der Waals surface area contributed by atoms with E-state index in [-0.39, 0.29) is 6.10 Å². The molecule has 0 saturated carbocycles. The fourth-order valence-electron chi connectivity index (χ4n) is 1.13. The molecule has 1 rings (SSSR count). The van der Waals surface area contributed by atoms with Gasteiger partial charge in [0.2, 0.25) is 0 Å². The molecule has 3 heteroatoms. The zero-order valence-electron chi connectivity index (χ0n) is 8.32. The number of hydrogen-bond acceptors (Lipinski definition) is 3. The summed E-state index contributed by atoms with van der Waals surface area (Å²) in [5, 5.41) is 0. The van der Waals surface area contributed by atoms with Crippen molar-refractivity contribution >= 4 is 5.69 Å². The average Bonchev–Trinajstić information content (AvgIpc) is 2.17. The van der Waals surface area contributed by atoms with Crippen LogP contribution in [0.25, 0.3) is 0 Å². The van der Waals surface area contributed by atoms with E-state index in [9.17, 15) is 0 Å². The van der Waals surface area contributed by atoms with Crippen LogP contribution in [0.1, 0.15) is 18.6 Å². The molecule has 2 N–H and O–H groups in total. The van der Waals surface area contributed by atoms with Crippen LogP contribution in [0.3, 0.4) is 0 Å². The molecule has 0 aliphatic carbocycles. The third-order valence-corrected chi connectivity index (χ3v) is 2.06. The van der Waals surface area contributed by atoms with E-state index in [0.29, 0.717) is 0 Å². The molecular formula is C10H16N2O. The van der Waals surface area contributed by atoms with Crippen molar-refractivity contribution in [1.82, 2.24) is 0 Å². The van der Waals surface area contributed by atoms with Crippen LogP contribution in [-0.2, 0) is 4.84 Å². The molecule has 3 nitrogen and oxygen atoms in total. The fraction of sp³-hybridized carbons (Fsp3) is 0.400. The second-order valence-electron chi connectivity index (χ2n) is 3.27. The first-order valence-corrected chi connectivity index (χ1v) is 4.28. The van der Waals surface area contributed by atoms with Crippen LogP contribution in [0.2, 0.25) is 0 Å². The predicted octanol–water partition coefficient (Wildman–Crippen LogP) is 1.70. The minimum atomic E-state index is -0.0556. The maximum Gasteiger partial charge on any atom is 0.101 e. The Bertz CT molecular complexity index is 273. The highest BCUT2D eigenvalue weighted by molar-refractivity contribution is 5.47. The maximum absolute atomic E-state index is 5.12. The molecule has 0 bridgehead atoms. The molecule has 0 spiro atoms. The molecule has 1 aromatic rings. The first-order chi connectivity index (χ1) is 6.15. The van der Waals surface area contributed by atoms with Crippen LogP contribution in [0.5, 0.6) is 0 Å². The van der Waals surface area contributed by atoms with E-state index < -0.39 is 0 Å². The van der Waals surface area contributed by atoms with Gasteiger partial charge < -0.3 is 4.90 Å². The van der Waals surface area contributed by atoms with Gasteiger partial charge in [0.25, 0.3) is 0 Å². The summed E-state index contributed by atoms with van der Waals surface area (Å²) in [5.41, 5.74) is 2.25. The molecule has 0 heterocycles. The molecule has 1 atom stereocenters. The average molecular weight is 180 g/mol. The Kier molecular flexibility index (Phi) is 3.28. The number of anilines is 1. The van der Waals surface area contributed by atoms with Gasteiger partial charge in [0, 0.05) is 19.8 Å². The van der Waals surface area contributed by atoms with E-state index in [4.69, 9.17) is 10.7 Å². The number of nitrogens with zero attached hydrogens (tertiary/aromatic N) is 1. The SMILES string of the molecule is CC(ON)c1cccc(N(C)C)c1. The lowest BCUT2D eigenvalue weighted by Crippen LogP contribution is -2.10. The molecule has 0 aromatic heterocycles. The Morgan fingerprint density at radius 2 is 2.08 bits per heavy atom. The lowest BCUT2D eigenvalue weighted by molar-refractivity contribution is 0.0664. The van der Waals surface area contributed by atoms with Crippen LogP contribution in [0.4, 0.5) is 5.69 Å². The lowest BCUT2D eigenvalue weighted by atomic mass is 10.1. The minimum Gasteiger partial charge on any atom is -0.378 e. The molecule has 0 aliphatic heterocycles. The predicted molar refractivity (Wildman–Crippen MR) is 54.5 cm³/mol. The van der Waals surface area contributed by atoms with Gasteiger partial charge in [-0.3, -0.25) is 4.84 Å². The Morgan fingerprint density at radius 3 is 2.62 bits per heavy atom. The molecule has 0 aliphatic rings. The van der Waals surface area contributed by atoms with Gasteiger partial charge in [-0.15, -0.1) is 0 Å². The van der Waals surface area contributed by atoms with Gasteiger partial charge in [0.05, 0.1) is 0 Å². The molecular weight excluding hydrogens is 164 g/mol. The molecule has 0 radical (unpaired) electrons. The van der Waals surface area contributed by atoms with Gasteiger partial charge >= 0.3 is 0 Å². The van der Waals surface area contributed by atoms with E-state index >= 15 is 0 Å². The highest BCUT2D eigenvalue weighted by Gasteiger charge is 2.04. The summed E-state index contributed by atoms with van der Waals surface area (Å²) < 4.78 is 0. The molecule has 0 saturated heterocycles. The highest BCUT2D eigenvalue weighted by Crippen LogP contribution is 2.20. The van der Waals surface area contributed by atoms with Gasteiger partial charge in [-0.05, 0) is 24.6 Å². The van der Waals surface area contributed by atoms with Gasteiger partial charge in [-0.1, -0.05) is 12.1 Å². The quantitative estimate of drug-likeness (QED) is 0.719. The van der Waals surface area contributed by atoms with Crippen molar-refractivity contribution in [2.75, 3.05) is 19.0 Å². The molecule has 0 amide bonds. The van der Waals surface area contributed by atoms with Crippen LogP contribution >= 0.6 is 0 Å². The maximum atomic E-state index is 5.12. The molecule has 0 fully saturated rings. The zero-order chi connectivity index (χ0) is 9.84. The first-order valence-electron chi connectivity index (χ1n) is 4.28. The van der Waals surface area contributed by atoms with Crippen molar-refractivity contribution in [2.45, 2.75) is 13.0 Å². The normalized spacial score (nSPS) is 12.6. The summed E-state index contributed by atoms with van der Waals surface area (Å²) in [7, 11) is 4.01. The Balaban J connectivity index is 2.91. The summed E-state index contributed by atoms with van der Waals surface area (Å²) in [6.07, 6.45) is -0.0556. The third kappa shape index (κ3) is 2.44. The van der Waals surface area contributed by atoms with Crippen molar-refractivity contribution in [2.24, 2.45) is 5.90 Å². The van der Waals surface area contributed by atoms with Gasteiger partial charge in [-0.2, -0.15) is 0 Å². The van der Waals surface area contributed by atoms with E-state index in [1.165, 1.54) is 0 Å². The van der Waals surface area contributed by atoms with E-state index in [1.807, 2.05) is 44.1 Å². The summed E-state index contributed by atoms with van der Waals surface area (Å²) in [6, 6.07) is 8.12. The molecule has 72 valence electrons. The van der Waals surface area contributed by atoms with E-state index in [2.05, 4.69) is 6.07 Å². The fourth-order valence-corrected chi connectivity index (χ4v) is 1.13. The van der Waals surface area contributed by atoms with Crippen LogP contribution in [0, 0.1) is 0 Å². The Morgan fingerprint density at radius 1 is 1.38 bits per heavy atom. The molecule has 1 unspecified atom stereocenters. The Hall–Kier alpha value is -1.06. The lowest BCUT2D eigenvalue weighted by Gasteiger charge is -2.15. The van der Waals surface area contributed by atoms with Crippen molar-refractivity contribution in [3.8, 4) is 0 Å². The van der Waals surface area contributed by atoms with Gasteiger partial charge in [0.1, 0.15) is 6.10 Å². The summed E-state index contributed by atoms with van der Waals surface area (Å²) in [5.74, 6) is 5.12. The zero-order valence-corrected chi connectivity index (χ0v) is 8.32. The van der Waals surface area contributed by atoms with Gasteiger partial charge in [0.15, 0.2) is 0 Å². The monoisotopic (exact) mass is 180 g/mol. The van der Waals surface area contributed by atoms with Crippen LogP contribution in [-0.4, -0.2) is 14.1 Å². The molecule has 1 aromatic carbocycles. The van der Waals surface area contributed by atoms with E-state index in [1.54, 1.807) is 0 Å². The number of benzene rings is 1. The summed E-state index contributed by atoms with van der Waals surface area (Å²) >= 11 is 0. The first kappa shape index (κ1) is 10.0. The summed E-state index contributed by atoms with van der Waals surface area (Å²) in [6.45, 7) is 1.93. The Labute approximate surface area is 79.1 Å². The highest BCUT2D eigenvalue weighted by atomic mass is 16.6. The smallest absolute Gasteiger partial charge is 0.101 e. The summed E-state index contributed by atoms with van der Waals surface area (Å²) in [4.78, 5) is 6.80. The molecule has 13 heavy (non-hydrogen) atoms. The van der Waals surface area contributed by atoms with Gasteiger partial charge in [-0.25, -0.2) is 5.90 Å². The second kappa shape index (κ2) is 4.25. The van der Waals surface area contributed by atoms with Crippen LogP contribution in [0.15, 0.2) is 24.3 Å².